The number of aliphatic hydroxyl groups excluding tert-OH is 1. The van der Waals surface area contributed by atoms with Crippen LogP contribution in [0.15, 0.2) is 0 Å². The molecule has 2 heteroatoms. The number of nitrogens with zero attached hydrogens (tertiary/aromatic N) is 1. The standard InChI is InChI=1S/C13H25NO/c15-11-13(12-7-3-1-4-8-12)14-9-5-2-6-10-14/h12-13,15H,1-11H2. The molecule has 0 aromatic rings. The first-order valence-electron chi connectivity index (χ1n) is 6.76. The van der Waals surface area contributed by atoms with E-state index in [-0.39, 0.29) is 0 Å². The molecule has 1 N–H and O–H groups in total. The van der Waals surface area contributed by atoms with Crippen LogP contribution in [0.4, 0.5) is 0 Å². The molecule has 1 aliphatic heterocycles. The van der Waals surface area contributed by atoms with Gasteiger partial charge in [-0.1, -0.05) is 25.7 Å². The smallest absolute Gasteiger partial charge is 0.0589 e. The fraction of sp³-hybridized carbons (Fsp3) is 1.00. The Morgan fingerprint density at radius 3 is 2.13 bits per heavy atom. The summed E-state index contributed by atoms with van der Waals surface area (Å²) in [7, 11) is 0. The molecule has 1 unspecified atom stereocenters. The molecule has 0 aromatic heterocycles. The molecule has 0 bridgehead atoms. The van der Waals surface area contributed by atoms with E-state index in [1.807, 2.05) is 0 Å². The molecule has 0 amide bonds. The largest absolute Gasteiger partial charge is 0.395 e. The van der Waals surface area contributed by atoms with Crippen molar-refractivity contribution in [1.82, 2.24) is 4.90 Å². The van der Waals surface area contributed by atoms with Crippen LogP contribution in [0.1, 0.15) is 51.4 Å². The summed E-state index contributed by atoms with van der Waals surface area (Å²) in [5.74, 6) is 0.779. The molecule has 2 fully saturated rings. The van der Waals surface area contributed by atoms with Crippen LogP contribution in [0.25, 0.3) is 0 Å². The van der Waals surface area contributed by atoms with Crippen molar-refractivity contribution in [2.75, 3.05) is 19.7 Å². The van der Waals surface area contributed by atoms with Gasteiger partial charge in [-0.2, -0.15) is 0 Å². The molecule has 15 heavy (non-hydrogen) atoms. The predicted octanol–water partition coefficient (Wildman–Crippen LogP) is 2.41. The van der Waals surface area contributed by atoms with Crippen molar-refractivity contribution in [3.8, 4) is 0 Å². The Morgan fingerprint density at radius 1 is 0.933 bits per heavy atom. The third kappa shape index (κ3) is 2.94. The topological polar surface area (TPSA) is 23.5 Å². The van der Waals surface area contributed by atoms with Crippen molar-refractivity contribution in [2.24, 2.45) is 5.92 Å². The normalized spacial score (nSPS) is 27.8. The molecule has 0 aromatic carbocycles. The first kappa shape index (κ1) is 11.4. The number of hydrogen-bond acceptors (Lipinski definition) is 2. The van der Waals surface area contributed by atoms with Crippen molar-refractivity contribution in [3.05, 3.63) is 0 Å². The molecule has 2 nitrogen and oxygen atoms in total. The van der Waals surface area contributed by atoms with Gasteiger partial charge in [0.25, 0.3) is 0 Å². The summed E-state index contributed by atoms with van der Waals surface area (Å²) in [6.07, 6.45) is 10.9. The highest BCUT2D eigenvalue weighted by Crippen LogP contribution is 2.30. The van der Waals surface area contributed by atoms with Gasteiger partial charge in [-0.15, -0.1) is 0 Å². The van der Waals surface area contributed by atoms with Crippen LogP contribution in [-0.2, 0) is 0 Å². The number of likely N-dealkylation sites (tertiary alicyclic amines) is 1. The minimum Gasteiger partial charge on any atom is -0.395 e. The molecular formula is C13H25NO. The SMILES string of the molecule is OCC(C1CCCCC1)N1CCCCC1. The monoisotopic (exact) mass is 211 g/mol. The molecule has 1 atom stereocenters. The van der Waals surface area contributed by atoms with Gasteiger partial charge < -0.3 is 5.11 Å². The number of aliphatic hydroxyl groups is 1. The lowest BCUT2D eigenvalue weighted by molar-refractivity contribution is 0.0514. The van der Waals surface area contributed by atoms with E-state index in [1.165, 1.54) is 64.5 Å². The maximum absolute atomic E-state index is 9.59. The van der Waals surface area contributed by atoms with Gasteiger partial charge in [0.15, 0.2) is 0 Å². The molecule has 2 rings (SSSR count). The Morgan fingerprint density at radius 2 is 1.53 bits per heavy atom. The van der Waals surface area contributed by atoms with Crippen LogP contribution in [0, 0.1) is 5.92 Å². The summed E-state index contributed by atoms with van der Waals surface area (Å²) < 4.78 is 0. The van der Waals surface area contributed by atoms with E-state index < -0.39 is 0 Å². The molecule has 1 saturated heterocycles. The highest BCUT2D eigenvalue weighted by molar-refractivity contribution is 4.82. The van der Waals surface area contributed by atoms with Gasteiger partial charge in [0.1, 0.15) is 0 Å². The minimum atomic E-state index is 0.380. The molecule has 2 aliphatic rings. The fourth-order valence-corrected chi connectivity index (χ4v) is 3.33. The Hall–Kier alpha value is -0.0800. The van der Waals surface area contributed by atoms with Crippen LogP contribution in [0.2, 0.25) is 0 Å². The van der Waals surface area contributed by atoms with Gasteiger partial charge in [0.2, 0.25) is 0 Å². The van der Waals surface area contributed by atoms with Crippen molar-refractivity contribution >= 4 is 0 Å². The van der Waals surface area contributed by atoms with E-state index in [4.69, 9.17) is 0 Å². The van der Waals surface area contributed by atoms with Crippen molar-refractivity contribution < 1.29 is 5.11 Å². The van der Waals surface area contributed by atoms with Gasteiger partial charge in [-0.3, -0.25) is 4.90 Å². The van der Waals surface area contributed by atoms with Crippen molar-refractivity contribution in [2.45, 2.75) is 57.4 Å². The van der Waals surface area contributed by atoms with E-state index in [2.05, 4.69) is 4.90 Å². The summed E-state index contributed by atoms with van der Waals surface area (Å²) in [5.41, 5.74) is 0. The predicted molar refractivity (Wildman–Crippen MR) is 62.9 cm³/mol. The number of rotatable bonds is 3. The second-order valence-corrected chi connectivity index (χ2v) is 5.24. The molecule has 1 aliphatic carbocycles. The molecule has 1 saturated carbocycles. The highest BCUT2D eigenvalue weighted by atomic mass is 16.3. The molecule has 1 heterocycles. The fourth-order valence-electron chi connectivity index (χ4n) is 3.33. The maximum Gasteiger partial charge on any atom is 0.0589 e. The van der Waals surface area contributed by atoms with E-state index in [0.717, 1.165) is 5.92 Å². The summed E-state index contributed by atoms with van der Waals surface area (Å²) in [6.45, 7) is 2.83. The van der Waals surface area contributed by atoms with Gasteiger partial charge in [0.05, 0.1) is 6.61 Å². The zero-order valence-corrected chi connectivity index (χ0v) is 9.83. The van der Waals surface area contributed by atoms with E-state index in [1.54, 1.807) is 0 Å². The second-order valence-electron chi connectivity index (χ2n) is 5.24. The van der Waals surface area contributed by atoms with Gasteiger partial charge in [-0.05, 0) is 44.7 Å². The van der Waals surface area contributed by atoms with Crippen LogP contribution < -0.4 is 0 Å². The molecule has 88 valence electrons. The van der Waals surface area contributed by atoms with Crippen LogP contribution in [-0.4, -0.2) is 35.7 Å². The summed E-state index contributed by atoms with van der Waals surface area (Å²) in [6, 6.07) is 0.477. The van der Waals surface area contributed by atoms with Crippen LogP contribution in [0.5, 0.6) is 0 Å². The Balaban J connectivity index is 1.88. The first-order chi connectivity index (χ1) is 7.42. The van der Waals surface area contributed by atoms with E-state index in [9.17, 15) is 5.11 Å². The van der Waals surface area contributed by atoms with Crippen LogP contribution in [0.3, 0.4) is 0 Å². The van der Waals surface area contributed by atoms with E-state index in [0.29, 0.717) is 12.6 Å². The summed E-state index contributed by atoms with van der Waals surface area (Å²) >= 11 is 0. The minimum absolute atomic E-state index is 0.380. The van der Waals surface area contributed by atoms with Crippen molar-refractivity contribution in [3.63, 3.8) is 0 Å². The summed E-state index contributed by atoms with van der Waals surface area (Å²) in [4.78, 5) is 2.56. The average Bonchev–Trinajstić information content (AvgIpc) is 2.33. The van der Waals surface area contributed by atoms with Gasteiger partial charge in [0, 0.05) is 6.04 Å². The zero-order valence-electron chi connectivity index (χ0n) is 9.83. The lowest BCUT2D eigenvalue weighted by Crippen LogP contribution is -2.46. The van der Waals surface area contributed by atoms with Crippen molar-refractivity contribution in [1.29, 1.82) is 0 Å². The zero-order chi connectivity index (χ0) is 10.5. The quantitative estimate of drug-likeness (QED) is 0.775. The lowest BCUT2D eigenvalue weighted by atomic mass is 9.83. The maximum atomic E-state index is 9.59. The number of piperidine rings is 1. The molecule has 0 radical (unpaired) electrons. The Bertz CT molecular complexity index is 153. The Kier molecular flexibility index (Phi) is 4.45. The average molecular weight is 211 g/mol. The lowest BCUT2D eigenvalue weighted by Gasteiger charge is -2.39. The van der Waals surface area contributed by atoms with E-state index >= 15 is 0 Å². The summed E-state index contributed by atoms with van der Waals surface area (Å²) in [5, 5.41) is 9.59. The third-order valence-electron chi connectivity index (χ3n) is 4.24. The number of hydrogen-bond donors (Lipinski definition) is 1. The molecular weight excluding hydrogens is 186 g/mol. The third-order valence-corrected chi connectivity index (χ3v) is 4.24. The van der Waals surface area contributed by atoms with Crippen LogP contribution >= 0.6 is 0 Å². The highest BCUT2D eigenvalue weighted by Gasteiger charge is 2.28. The van der Waals surface area contributed by atoms with Gasteiger partial charge >= 0.3 is 0 Å². The molecule has 0 spiro atoms. The Labute approximate surface area is 93.7 Å². The van der Waals surface area contributed by atoms with Gasteiger partial charge in [-0.25, -0.2) is 0 Å². The second kappa shape index (κ2) is 5.86. The first-order valence-corrected chi connectivity index (χ1v) is 6.76.